The third-order valence-corrected chi connectivity index (χ3v) is 5.51. The molecule has 0 bridgehead atoms. The summed E-state index contributed by atoms with van der Waals surface area (Å²) < 4.78 is 32.2. The molecule has 6 nitrogen and oxygen atoms in total. The van der Waals surface area contributed by atoms with Crippen LogP contribution in [0.15, 0.2) is 27.0 Å². The second-order valence-corrected chi connectivity index (χ2v) is 7.35. The predicted molar refractivity (Wildman–Crippen MR) is 77.0 cm³/mol. The van der Waals surface area contributed by atoms with Gasteiger partial charge in [-0.05, 0) is 25.6 Å². The second kappa shape index (κ2) is 6.49. The van der Waals surface area contributed by atoms with Gasteiger partial charge >= 0.3 is 0 Å². The van der Waals surface area contributed by atoms with Gasteiger partial charge in [-0.3, -0.25) is 0 Å². The van der Waals surface area contributed by atoms with E-state index in [0.29, 0.717) is 22.4 Å². The van der Waals surface area contributed by atoms with Crippen molar-refractivity contribution >= 4 is 21.4 Å². The summed E-state index contributed by atoms with van der Waals surface area (Å²) in [5.41, 5.74) is 0. The molecule has 20 heavy (non-hydrogen) atoms. The fourth-order valence-corrected chi connectivity index (χ4v) is 3.90. The summed E-state index contributed by atoms with van der Waals surface area (Å²) in [7, 11) is -3.51. The Bertz CT molecular complexity index is 661. The zero-order valence-electron chi connectivity index (χ0n) is 11.3. The lowest BCUT2D eigenvalue weighted by Gasteiger charge is -2.02. The highest BCUT2D eigenvalue weighted by Gasteiger charge is 2.17. The normalized spacial score (nSPS) is 11.9. The molecular formula is C12H17N3O3S2. The zero-order valence-corrected chi connectivity index (χ0v) is 13.0. The first-order valence-corrected chi connectivity index (χ1v) is 8.51. The third-order valence-electron chi connectivity index (χ3n) is 2.53. The van der Waals surface area contributed by atoms with Crippen molar-refractivity contribution in [2.45, 2.75) is 31.1 Å². The number of thiophene rings is 1. The minimum atomic E-state index is -3.51. The van der Waals surface area contributed by atoms with E-state index in [1.54, 1.807) is 19.2 Å². The summed E-state index contributed by atoms with van der Waals surface area (Å²) in [6, 6.07) is 3.43. The van der Waals surface area contributed by atoms with Crippen LogP contribution in [0.2, 0.25) is 0 Å². The molecule has 0 aromatic carbocycles. The Morgan fingerprint density at radius 3 is 2.80 bits per heavy atom. The van der Waals surface area contributed by atoms with Gasteiger partial charge in [0.05, 0.1) is 12.7 Å². The van der Waals surface area contributed by atoms with Crippen molar-refractivity contribution in [3.8, 4) is 0 Å². The number of aromatic nitrogens is 1. The van der Waals surface area contributed by atoms with Gasteiger partial charge in [-0.15, -0.1) is 11.3 Å². The van der Waals surface area contributed by atoms with Crippen LogP contribution >= 0.6 is 11.3 Å². The van der Waals surface area contributed by atoms with Gasteiger partial charge in [0.1, 0.15) is 9.97 Å². The molecule has 0 atom stereocenters. The molecule has 2 N–H and O–H groups in total. The van der Waals surface area contributed by atoms with Crippen LogP contribution in [-0.2, 0) is 23.1 Å². The number of rotatable bonds is 7. The van der Waals surface area contributed by atoms with Crippen LogP contribution in [0.3, 0.4) is 0 Å². The van der Waals surface area contributed by atoms with Gasteiger partial charge in [0, 0.05) is 11.4 Å². The molecule has 2 heterocycles. The summed E-state index contributed by atoms with van der Waals surface area (Å²) in [4.78, 5) is 4.94. The maximum Gasteiger partial charge on any atom is 0.250 e. The molecule has 2 aromatic rings. The highest BCUT2D eigenvalue weighted by Crippen LogP contribution is 2.21. The van der Waals surface area contributed by atoms with E-state index in [1.807, 2.05) is 13.0 Å². The Kier molecular flexibility index (Phi) is 4.92. The maximum absolute atomic E-state index is 12.1. The molecule has 0 radical (unpaired) electrons. The van der Waals surface area contributed by atoms with Crippen molar-refractivity contribution in [2.24, 2.45) is 0 Å². The first-order chi connectivity index (χ1) is 9.51. The first-order valence-electron chi connectivity index (χ1n) is 6.21. The van der Waals surface area contributed by atoms with Crippen molar-refractivity contribution in [3.63, 3.8) is 0 Å². The molecule has 0 fully saturated rings. The average molecular weight is 315 g/mol. The van der Waals surface area contributed by atoms with Crippen LogP contribution < -0.4 is 10.0 Å². The fraction of sp³-hybridized carbons (Fsp3) is 0.417. The number of sulfonamides is 1. The summed E-state index contributed by atoms with van der Waals surface area (Å²) in [6.45, 7) is 5.34. The molecule has 0 saturated carbocycles. The van der Waals surface area contributed by atoms with Crippen LogP contribution in [0.25, 0.3) is 0 Å². The number of oxazole rings is 1. The van der Waals surface area contributed by atoms with E-state index in [4.69, 9.17) is 4.42 Å². The number of aryl methyl sites for hydroxylation is 1. The Labute approximate surface area is 122 Å². The van der Waals surface area contributed by atoms with Crippen LogP contribution in [0, 0.1) is 6.92 Å². The lowest BCUT2D eigenvalue weighted by molar-refractivity contribution is 0.463. The van der Waals surface area contributed by atoms with Crippen molar-refractivity contribution in [1.82, 2.24) is 15.0 Å². The summed E-state index contributed by atoms with van der Waals surface area (Å²) >= 11 is 1.26. The molecule has 0 amide bonds. The van der Waals surface area contributed by atoms with Gasteiger partial charge in [-0.2, -0.15) is 0 Å². The molecule has 110 valence electrons. The van der Waals surface area contributed by atoms with Gasteiger partial charge in [-0.25, -0.2) is 18.1 Å². The zero-order chi connectivity index (χ0) is 14.6. The highest BCUT2D eigenvalue weighted by atomic mass is 32.2. The molecule has 8 heteroatoms. The quantitative estimate of drug-likeness (QED) is 0.811. The number of hydrogen-bond acceptors (Lipinski definition) is 6. The molecule has 0 unspecified atom stereocenters. The summed E-state index contributed by atoms with van der Waals surface area (Å²) in [6.07, 6.45) is 1.56. The Morgan fingerprint density at radius 1 is 1.35 bits per heavy atom. The lowest BCUT2D eigenvalue weighted by Crippen LogP contribution is -2.22. The van der Waals surface area contributed by atoms with E-state index in [-0.39, 0.29) is 6.54 Å². The fourth-order valence-electron chi connectivity index (χ4n) is 1.56. The number of nitrogens with zero attached hydrogens (tertiary/aromatic N) is 1. The predicted octanol–water partition coefficient (Wildman–Crippen LogP) is 1.63. The molecule has 0 aliphatic heterocycles. The SMILES string of the molecule is CCNCc1ccc(S(=O)(=O)NCc2ncc(C)o2)s1. The van der Waals surface area contributed by atoms with Gasteiger partial charge < -0.3 is 9.73 Å². The topological polar surface area (TPSA) is 84.2 Å². The van der Waals surface area contributed by atoms with E-state index >= 15 is 0 Å². The molecule has 0 saturated heterocycles. The molecule has 2 rings (SSSR count). The second-order valence-electron chi connectivity index (χ2n) is 4.19. The van der Waals surface area contributed by atoms with Gasteiger partial charge in [-0.1, -0.05) is 6.92 Å². The molecule has 2 aromatic heterocycles. The Hall–Kier alpha value is -1.22. The van der Waals surface area contributed by atoms with Crippen molar-refractivity contribution in [1.29, 1.82) is 0 Å². The van der Waals surface area contributed by atoms with E-state index < -0.39 is 10.0 Å². The Morgan fingerprint density at radius 2 is 2.15 bits per heavy atom. The molecular weight excluding hydrogens is 298 g/mol. The highest BCUT2D eigenvalue weighted by molar-refractivity contribution is 7.91. The molecule has 0 spiro atoms. The minimum Gasteiger partial charge on any atom is -0.445 e. The van der Waals surface area contributed by atoms with Crippen LogP contribution in [-0.4, -0.2) is 19.9 Å². The molecule has 0 aliphatic rings. The third kappa shape index (κ3) is 3.89. The Balaban J connectivity index is 2.00. The van der Waals surface area contributed by atoms with Crippen LogP contribution in [0.4, 0.5) is 0 Å². The summed E-state index contributed by atoms with van der Waals surface area (Å²) in [5.74, 6) is 1.01. The van der Waals surface area contributed by atoms with E-state index in [2.05, 4.69) is 15.0 Å². The largest absolute Gasteiger partial charge is 0.445 e. The number of nitrogens with one attached hydrogen (secondary N) is 2. The van der Waals surface area contributed by atoms with Crippen molar-refractivity contribution in [2.75, 3.05) is 6.54 Å². The molecule has 0 aliphatic carbocycles. The monoisotopic (exact) mass is 315 g/mol. The van der Waals surface area contributed by atoms with Gasteiger partial charge in [0.15, 0.2) is 0 Å². The maximum atomic E-state index is 12.1. The lowest BCUT2D eigenvalue weighted by atomic mass is 10.4. The number of hydrogen-bond donors (Lipinski definition) is 2. The van der Waals surface area contributed by atoms with Crippen molar-refractivity contribution in [3.05, 3.63) is 34.9 Å². The smallest absolute Gasteiger partial charge is 0.250 e. The standard InChI is InChI=1S/C12H17N3O3S2/c1-3-13-7-10-4-5-12(19-10)20(16,17)15-8-11-14-6-9(2)18-11/h4-6,13,15H,3,7-8H2,1-2H3. The van der Waals surface area contributed by atoms with Gasteiger partial charge in [0.2, 0.25) is 5.89 Å². The van der Waals surface area contributed by atoms with Crippen LogP contribution in [0.5, 0.6) is 0 Å². The van der Waals surface area contributed by atoms with E-state index in [9.17, 15) is 8.42 Å². The first kappa shape index (κ1) is 15.2. The minimum absolute atomic E-state index is 0.0522. The van der Waals surface area contributed by atoms with E-state index in [1.165, 1.54) is 11.3 Å². The van der Waals surface area contributed by atoms with Crippen LogP contribution in [0.1, 0.15) is 23.5 Å². The van der Waals surface area contributed by atoms with Gasteiger partial charge in [0.25, 0.3) is 10.0 Å². The van der Waals surface area contributed by atoms with E-state index in [0.717, 1.165) is 11.4 Å². The average Bonchev–Trinajstić information content (AvgIpc) is 3.03. The van der Waals surface area contributed by atoms with Crippen molar-refractivity contribution < 1.29 is 12.8 Å². The summed E-state index contributed by atoms with van der Waals surface area (Å²) in [5, 5.41) is 3.16.